The van der Waals surface area contributed by atoms with Crippen LogP contribution in [0.2, 0.25) is 0 Å². The minimum Gasteiger partial charge on any atom is -0.481 e. The molecule has 176 valence electrons. The Morgan fingerprint density at radius 3 is 2.82 bits per heavy atom. The Labute approximate surface area is 198 Å². The normalized spacial score (nSPS) is 21.8. The summed E-state index contributed by atoms with van der Waals surface area (Å²) in [5, 5.41) is 13.8. The topological polar surface area (TPSA) is 102 Å². The van der Waals surface area contributed by atoms with E-state index in [0.717, 1.165) is 41.6 Å². The summed E-state index contributed by atoms with van der Waals surface area (Å²) in [7, 11) is 1.62. The van der Waals surface area contributed by atoms with Crippen LogP contribution in [0.15, 0.2) is 34.9 Å². The summed E-state index contributed by atoms with van der Waals surface area (Å²) in [6, 6.07) is 9.99. The number of hydrogen-bond donors (Lipinski definition) is 1. The summed E-state index contributed by atoms with van der Waals surface area (Å²) in [4.78, 5) is 23.7. The molecule has 2 atom stereocenters. The van der Waals surface area contributed by atoms with Crippen LogP contribution in [-0.2, 0) is 11.2 Å². The molecule has 1 saturated carbocycles. The van der Waals surface area contributed by atoms with Gasteiger partial charge in [-0.1, -0.05) is 36.2 Å². The lowest BCUT2D eigenvalue weighted by Crippen LogP contribution is -2.30. The molecule has 8 heteroatoms. The number of nitrogens with zero attached hydrogens (tertiary/aromatic N) is 4. The number of carbonyl (C=O) groups is 1. The predicted octanol–water partition coefficient (Wildman–Crippen LogP) is 3.90. The molecule has 6 rings (SSSR count). The third-order valence-electron chi connectivity index (χ3n) is 7.60. The van der Waals surface area contributed by atoms with Gasteiger partial charge >= 0.3 is 0 Å². The number of ether oxygens (including phenoxy) is 1. The maximum absolute atomic E-state index is 12.4. The van der Waals surface area contributed by atoms with Gasteiger partial charge in [0.15, 0.2) is 0 Å². The molecular weight excluding hydrogens is 432 g/mol. The number of methoxy groups -OCH3 is 1. The van der Waals surface area contributed by atoms with Crippen molar-refractivity contribution < 1.29 is 19.2 Å². The Morgan fingerprint density at radius 2 is 2.03 bits per heavy atom. The summed E-state index contributed by atoms with van der Waals surface area (Å²) in [6.45, 7) is 0.333. The highest BCUT2D eigenvalue weighted by atomic mass is 16.5. The number of likely N-dealkylation sites (tertiary alicyclic amines) is 1. The first-order valence-corrected chi connectivity index (χ1v) is 12.1. The third-order valence-corrected chi connectivity index (χ3v) is 7.60. The molecule has 3 heterocycles. The number of β-amino-alcohol motifs (C(OH)–C–C–N with tert-alkyl or cyclic N) is 1. The van der Waals surface area contributed by atoms with E-state index in [1.165, 1.54) is 18.4 Å². The van der Waals surface area contributed by atoms with Gasteiger partial charge in [-0.25, -0.2) is 4.98 Å². The molecule has 1 N–H and O–H groups in total. The third kappa shape index (κ3) is 3.48. The van der Waals surface area contributed by atoms with Gasteiger partial charge in [-0.15, -0.1) is 0 Å². The Bertz CT molecular complexity index is 1230. The second-order valence-corrected chi connectivity index (χ2v) is 9.52. The molecule has 2 fully saturated rings. The molecule has 1 amide bonds. The van der Waals surface area contributed by atoms with Crippen LogP contribution in [0, 0.1) is 5.92 Å². The summed E-state index contributed by atoms with van der Waals surface area (Å²) >= 11 is 0. The first-order valence-electron chi connectivity index (χ1n) is 12.1. The molecule has 1 aromatic carbocycles. The molecule has 2 aliphatic carbocycles. The summed E-state index contributed by atoms with van der Waals surface area (Å²) in [5.41, 5.74) is 5.07. The number of pyridine rings is 1. The highest BCUT2D eigenvalue weighted by Gasteiger charge is 2.46. The highest BCUT2D eigenvalue weighted by molar-refractivity contribution is 5.81. The van der Waals surface area contributed by atoms with E-state index in [2.05, 4.69) is 16.2 Å². The molecule has 8 nitrogen and oxygen atoms in total. The number of aliphatic hydroxyl groups is 1. The SMILES string of the molecule is COc1cc(-c2nc(-c3cccc4c3C[C@@H]3CC(=O)N(CCO)[C@H]43)no2)cc(C2CCCC2)n1. The van der Waals surface area contributed by atoms with Crippen LogP contribution < -0.4 is 4.74 Å². The van der Waals surface area contributed by atoms with E-state index in [1.54, 1.807) is 7.11 Å². The largest absolute Gasteiger partial charge is 0.481 e. The Morgan fingerprint density at radius 1 is 1.18 bits per heavy atom. The van der Waals surface area contributed by atoms with Gasteiger partial charge in [0, 0.05) is 41.8 Å². The Hall–Kier alpha value is -3.26. The fraction of sp³-hybridized carbons (Fsp3) is 0.462. The zero-order valence-corrected chi connectivity index (χ0v) is 19.2. The highest BCUT2D eigenvalue weighted by Crippen LogP contribution is 2.49. The molecule has 2 aromatic heterocycles. The molecule has 1 saturated heterocycles. The number of aromatic nitrogens is 3. The van der Waals surface area contributed by atoms with Crippen LogP contribution in [0.5, 0.6) is 5.88 Å². The van der Waals surface area contributed by atoms with Gasteiger partial charge in [-0.2, -0.15) is 4.98 Å². The lowest BCUT2D eigenvalue weighted by Gasteiger charge is -2.24. The van der Waals surface area contributed by atoms with Crippen LogP contribution >= 0.6 is 0 Å². The van der Waals surface area contributed by atoms with Crippen LogP contribution in [-0.4, -0.2) is 51.3 Å². The van der Waals surface area contributed by atoms with Crippen molar-refractivity contribution in [1.82, 2.24) is 20.0 Å². The van der Waals surface area contributed by atoms with Gasteiger partial charge in [0.1, 0.15) is 0 Å². The number of rotatable bonds is 6. The fourth-order valence-corrected chi connectivity index (χ4v) is 6.06. The van der Waals surface area contributed by atoms with E-state index in [-0.39, 0.29) is 24.5 Å². The Balaban J connectivity index is 1.35. The van der Waals surface area contributed by atoms with Crippen LogP contribution in [0.1, 0.15) is 60.9 Å². The van der Waals surface area contributed by atoms with Crippen molar-refractivity contribution in [3.63, 3.8) is 0 Å². The van der Waals surface area contributed by atoms with E-state index in [4.69, 9.17) is 14.2 Å². The molecule has 0 spiro atoms. The van der Waals surface area contributed by atoms with Crippen molar-refractivity contribution in [1.29, 1.82) is 0 Å². The van der Waals surface area contributed by atoms with Crippen LogP contribution in [0.25, 0.3) is 22.8 Å². The van der Waals surface area contributed by atoms with Gasteiger partial charge in [0.25, 0.3) is 5.89 Å². The zero-order valence-electron chi connectivity index (χ0n) is 19.2. The van der Waals surface area contributed by atoms with Gasteiger partial charge in [0.05, 0.1) is 19.8 Å². The number of benzene rings is 1. The van der Waals surface area contributed by atoms with E-state index in [1.807, 2.05) is 29.2 Å². The first kappa shape index (κ1) is 21.3. The zero-order chi connectivity index (χ0) is 23.2. The van der Waals surface area contributed by atoms with Gasteiger partial charge in [-0.05, 0) is 42.4 Å². The lowest BCUT2D eigenvalue weighted by atomic mass is 10.0. The summed E-state index contributed by atoms with van der Waals surface area (Å²) in [5.74, 6) is 2.33. The standard InChI is InChI=1S/C26H28N4O4/c1-33-22-13-17(12-21(27-22)15-5-2-3-6-15)26-28-25(29-34-26)19-8-4-7-18-20(19)11-16-14-23(32)30(9-10-31)24(16)18/h4,7-8,12-13,15-16,24,31H,2-3,5-6,9-11,14H2,1H3/t16-,24+/m1/s1. The molecule has 3 aliphatic rings. The molecule has 1 aliphatic heterocycles. The summed E-state index contributed by atoms with van der Waals surface area (Å²) in [6.07, 6.45) is 6.05. The lowest BCUT2D eigenvalue weighted by molar-refractivity contribution is -0.129. The van der Waals surface area contributed by atoms with Gasteiger partial charge in [-0.3, -0.25) is 4.79 Å². The number of fused-ring (bicyclic) bond motifs is 3. The fourth-order valence-electron chi connectivity index (χ4n) is 6.06. The molecule has 0 radical (unpaired) electrons. The minimum absolute atomic E-state index is 0.0133. The van der Waals surface area contributed by atoms with Gasteiger partial charge < -0.3 is 19.3 Å². The van der Waals surface area contributed by atoms with Crippen LogP contribution in [0.4, 0.5) is 0 Å². The number of aliphatic hydroxyl groups excluding tert-OH is 1. The maximum Gasteiger partial charge on any atom is 0.258 e. The average molecular weight is 461 g/mol. The molecule has 0 unspecified atom stereocenters. The molecule has 3 aromatic rings. The van der Waals surface area contributed by atoms with Gasteiger partial charge in [0.2, 0.25) is 17.6 Å². The van der Waals surface area contributed by atoms with Crippen molar-refractivity contribution >= 4 is 5.91 Å². The quantitative estimate of drug-likeness (QED) is 0.595. The molecule has 34 heavy (non-hydrogen) atoms. The summed E-state index contributed by atoms with van der Waals surface area (Å²) < 4.78 is 11.2. The smallest absolute Gasteiger partial charge is 0.258 e. The number of hydrogen-bond acceptors (Lipinski definition) is 7. The second kappa shape index (κ2) is 8.51. The van der Waals surface area contributed by atoms with E-state index >= 15 is 0 Å². The number of carbonyl (C=O) groups excluding carboxylic acids is 1. The first-order chi connectivity index (χ1) is 16.7. The average Bonchev–Trinajstić information content (AvgIpc) is 3.64. The predicted molar refractivity (Wildman–Crippen MR) is 124 cm³/mol. The van der Waals surface area contributed by atoms with E-state index < -0.39 is 0 Å². The van der Waals surface area contributed by atoms with Crippen molar-refractivity contribution in [2.45, 2.75) is 50.5 Å². The molecular formula is C26H28N4O4. The minimum atomic E-state index is -0.0313. The van der Waals surface area contributed by atoms with E-state index in [9.17, 15) is 9.90 Å². The number of amides is 1. The maximum atomic E-state index is 12.4. The Kier molecular flexibility index (Phi) is 5.32. The van der Waals surface area contributed by atoms with Crippen LogP contribution in [0.3, 0.4) is 0 Å². The molecule has 0 bridgehead atoms. The van der Waals surface area contributed by atoms with Crippen molar-refractivity contribution in [3.8, 4) is 28.7 Å². The van der Waals surface area contributed by atoms with Crippen molar-refractivity contribution in [3.05, 3.63) is 47.2 Å². The van der Waals surface area contributed by atoms with Crippen molar-refractivity contribution in [2.24, 2.45) is 5.92 Å². The van der Waals surface area contributed by atoms with E-state index in [0.29, 0.717) is 36.5 Å². The second-order valence-electron chi connectivity index (χ2n) is 9.52. The van der Waals surface area contributed by atoms with Crippen molar-refractivity contribution in [2.75, 3.05) is 20.3 Å². The monoisotopic (exact) mass is 460 g/mol.